The van der Waals surface area contributed by atoms with E-state index in [9.17, 15) is 5.11 Å². The Morgan fingerprint density at radius 1 is 1.07 bits per heavy atom. The van der Waals surface area contributed by atoms with Gasteiger partial charge in [-0.3, -0.25) is 14.9 Å². The maximum Gasteiger partial charge on any atom is 0.156 e. The first-order valence-corrected chi connectivity index (χ1v) is 10.2. The number of H-pyrrole nitrogens is 1. The Morgan fingerprint density at radius 3 is 2.45 bits per heavy atom. The Labute approximate surface area is 172 Å². The largest absolute Gasteiger partial charge is 0.508 e. The molecule has 6 heteroatoms. The van der Waals surface area contributed by atoms with Crippen LogP contribution < -0.4 is 0 Å². The number of nitrogens with zero attached hydrogens (tertiary/aromatic N) is 4. The molecule has 1 fully saturated rings. The molecule has 1 saturated heterocycles. The number of aryl methyl sites for hydroxylation is 1. The van der Waals surface area contributed by atoms with E-state index in [1.807, 2.05) is 19.1 Å². The summed E-state index contributed by atoms with van der Waals surface area (Å²) >= 11 is 0. The van der Waals surface area contributed by atoms with Crippen molar-refractivity contribution in [1.29, 1.82) is 0 Å². The fourth-order valence-corrected chi connectivity index (χ4v) is 4.35. The predicted octanol–water partition coefficient (Wildman–Crippen LogP) is 3.94. The van der Waals surface area contributed by atoms with Gasteiger partial charge in [-0.2, -0.15) is 5.10 Å². The molecule has 6 nitrogen and oxygen atoms in total. The average molecular weight is 394 g/mol. The first kappa shape index (κ1) is 19.9. The Bertz CT molecular complexity index is 1040. The molecule has 4 rings (SSSR count). The van der Waals surface area contributed by atoms with Gasteiger partial charge in [0.2, 0.25) is 0 Å². The van der Waals surface area contributed by atoms with Crippen LogP contribution >= 0.6 is 0 Å². The zero-order valence-electron chi connectivity index (χ0n) is 18.2. The topological polar surface area (TPSA) is 68.3 Å². The second-order valence-corrected chi connectivity index (χ2v) is 9.58. The van der Waals surface area contributed by atoms with Crippen molar-refractivity contribution < 1.29 is 5.11 Å². The molecule has 0 amide bonds. The quantitative estimate of drug-likeness (QED) is 0.705. The van der Waals surface area contributed by atoms with Crippen LogP contribution in [-0.2, 0) is 6.54 Å². The van der Waals surface area contributed by atoms with Crippen molar-refractivity contribution in [3.63, 3.8) is 0 Å². The number of fused-ring (bicyclic) bond motifs is 1. The molecule has 0 atom stereocenters. The van der Waals surface area contributed by atoms with Crippen LogP contribution in [0.3, 0.4) is 0 Å². The van der Waals surface area contributed by atoms with Gasteiger partial charge in [-0.15, -0.1) is 0 Å². The highest BCUT2D eigenvalue weighted by molar-refractivity contribution is 5.84. The van der Waals surface area contributed by atoms with Crippen LogP contribution in [0, 0.1) is 6.92 Å². The summed E-state index contributed by atoms with van der Waals surface area (Å²) in [4.78, 5) is 9.83. The first-order valence-electron chi connectivity index (χ1n) is 10.2. The molecular weight excluding hydrogens is 362 g/mol. The van der Waals surface area contributed by atoms with Gasteiger partial charge in [-0.05, 0) is 77.6 Å². The van der Waals surface area contributed by atoms with Crippen molar-refractivity contribution in [3.8, 4) is 17.0 Å². The Hall–Kier alpha value is -2.44. The lowest BCUT2D eigenvalue weighted by Gasteiger charge is -2.54. The summed E-state index contributed by atoms with van der Waals surface area (Å²) in [6.45, 7) is 14.1. The minimum atomic E-state index is 0.0657. The molecule has 3 heterocycles. The second kappa shape index (κ2) is 6.82. The fraction of sp³-hybridized carbons (Fsp3) is 0.478. The molecule has 1 aromatic carbocycles. The maximum atomic E-state index is 9.63. The molecule has 2 N–H and O–H groups in total. The van der Waals surface area contributed by atoms with Crippen molar-refractivity contribution in [3.05, 3.63) is 41.6 Å². The molecule has 0 saturated carbocycles. The third kappa shape index (κ3) is 3.63. The summed E-state index contributed by atoms with van der Waals surface area (Å²) < 4.78 is 0. The number of rotatable bonds is 3. The van der Waals surface area contributed by atoms with Crippen LogP contribution in [0.4, 0.5) is 0 Å². The molecule has 0 spiro atoms. The fourth-order valence-electron chi connectivity index (χ4n) is 4.35. The Morgan fingerprint density at radius 2 is 1.76 bits per heavy atom. The van der Waals surface area contributed by atoms with Crippen LogP contribution in [0.15, 0.2) is 30.3 Å². The molecular formula is C23H31N5O. The van der Waals surface area contributed by atoms with Crippen molar-refractivity contribution in [2.45, 2.75) is 52.2 Å². The van der Waals surface area contributed by atoms with E-state index in [2.05, 4.69) is 60.8 Å². The Balaban J connectivity index is 1.78. The molecule has 0 aliphatic carbocycles. The number of pyridine rings is 1. The van der Waals surface area contributed by atoms with E-state index in [4.69, 9.17) is 4.98 Å². The van der Waals surface area contributed by atoms with Gasteiger partial charge < -0.3 is 5.11 Å². The van der Waals surface area contributed by atoms with Crippen LogP contribution in [0.1, 0.15) is 39.0 Å². The van der Waals surface area contributed by atoms with Crippen molar-refractivity contribution in [2.75, 3.05) is 20.1 Å². The lowest BCUT2D eigenvalue weighted by molar-refractivity contribution is -0.0467. The van der Waals surface area contributed by atoms with Gasteiger partial charge >= 0.3 is 0 Å². The number of aromatic hydroxyl groups is 1. The number of hydrogen-bond donors (Lipinski definition) is 2. The molecule has 0 radical (unpaired) electrons. The summed E-state index contributed by atoms with van der Waals surface area (Å²) in [6.07, 6.45) is 0. The van der Waals surface area contributed by atoms with Gasteiger partial charge in [0.25, 0.3) is 0 Å². The van der Waals surface area contributed by atoms with Crippen LogP contribution in [0.2, 0.25) is 0 Å². The van der Waals surface area contributed by atoms with E-state index >= 15 is 0 Å². The van der Waals surface area contributed by atoms with Crippen molar-refractivity contribution >= 4 is 11.0 Å². The number of piperazine rings is 1. The van der Waals surface area contributed by atoms with E-state index in [1.165, 1.54) is 5.56 Å². The smallest absolute Gasteiger partial charge is 0.156 e. The lowest BCUT2D eigenvalue weighted by atomic mass is 9.89. The van der Waals surface area contributed by atoms with Gasteiger partial charge in [-0.1, -0.05) is 0 Å². The highest BCUT2D eigenvalue weighted by Crippen LogP contribution is 2.33. The maximum absolute atomic E-state index is 9.63. The van der Waals surface area contributed by atoms with Crippen LogP contribution in [-0.4, -0.2) is 61.3 Å². The predicted molar refractivity (Wildman–Crippen MR) is 117 cm³/mol. The zero-order chi connectivity index (χ0) is 21.0. The number of likely N-dealkylation sites (N-methyl/N-ethyl adjacent to an activating group) is 1. The van der Waals surface area contributed by atoms with Crippen molar-refractivity contribution in [1.82, 2.24) is 25.0 Å². The summed E-state index contributed by atoms with van der Waals surface area (Å²) in [7, 11) is 2.22. The molecule has 1 aliphatic rings. The number of nitrogens with one attached hydrogen (secondary N) is 1. The Kier molecular flexibility index (Phi) is 4.67. The number of aromatic amines is 1. The number of aromatic nitrogens is 3. The number of hydrogen-bond acceptors (Lipinski definition) is 5. The number of phenols is 1. The van der Waals surface area contributed by atoms with Crippen LogP contribution in [0.25, 0.3) is 22.3 Å². The summed E-state index contributed by atoms with van der Waals surface area (Å²) in [6, 6.07) is 9.38. The average Bonchev–Trinajstić information content (AvgIpc) is 3.01. The standard InChI is InChI=1S/C23H31N5O/c1-15-20-17(12-28-14-22(2,3)27(6)13-23(28,4)5)11-19(24-21(20)26-25-15)16-7-9-18(29)10-8-16/h7-11,29H,12-14H2,1-6H3,(H,24,25,26). The zero-order valence-corrected chi connectivity index (χ0v) is 18.2. The van der Waals surface area contributed by atoms with E-state index in [0.29, 0.717) is 0 Å². The first-order chi connectivity index (χ1) is 13.6. The highest BCUT2D eigenvalue weighted by atomic mass is 16.3. The summed E-state index contributed by atoms with van der Waals surface area (Å²) in [5.74, 6) is 0.258. The molecule has 0 unspecified atom stereocenters. The number of benzene rings is 1. The molecule has 29 heavy (non-hydrogen) atoms. The monoisotopic (exact) mass is 393 g/mol. The minimum absolute atomic E-state index is 0.0657. The SMILES string of the molecule is Cc1n[nH]c2nc(-c3ccc(O)cc3)cc(CN3CC(C)(C)N(C)CC3(C)C)c12. The summed E-state index contributed by atoms with van der Waals surface area (Å²) in [5.41, 5.74) is 5.08. The van der Waals surface area contributed by atoms with E-state index in [0.717, 1.165) is 47.6 Å². The summed E-state index contributed by atoms with van der Waals surface area (Å²) in [5, 5.41) is 18.3. The van der Waals surface area contributed by atoms with Gasteiger partial charge in [0.05, 0.1) is 11.4 Å². The third-order valence-electron chi connectivity index (χ3n) is 6.41. The van der Waals surface area contributed by atoms with E-state index in [-0.39, 0.29) is 16.8 Å². The van der Waals surface area contributed by atoms with E-state index in [1.54, 1.807) is 12.1 Å². The molecule has 3 aromatic rings. The second-order valence-electron chi connectivity index (χ2n) is 9.58. The van der Waals surface area contributed by atoms with Gasteiger partial charge in [0, 0.05) is 41.7 Å². The minimum Gasteiger partial charge on any atom is -0.508 e. The van der Waals surface area contributed by atoms with Gasteiger partial charge in [0.15, 0.2) is 5.65 Å². The van der Waals surface area contributed by atoms with Gasteiger partial charge in [-0.25, -0.2) is 4.98 Å². The highest BCUT2D eigenvalue weighted by Gasteiger charge is 2.41. The molecule has 154 valence electrons. The normalized spacial score (nSPS) is 19.7. The molecule has 2 aromatic heterocycles. The van der Waals surface area contributed by atoms with Gasteiger partial charge in [0.1, 0.15) is 5.75 Å². The lowest BCUT2D eigenvalue weighted by Crippen LogP contribution is -2.65. The van der Waals surface area contributed by atoms with E-state index < -0.39 is 0 Å². The molecule has 1 aliphatic heterocycles. The van der Waals surface area contributed by atoms with Crippen LogP contribution in [0.5, 0.6) is 5.75 Å². The molecule has 0 bridgehead atoms. The van der Waals surface area contributed by atoms with Crippen molar-refractivity contribution in [2.24, 2.45) is 0 Å². The number of phenolic OH excluding ortho intramolecular Hbond substituents is 1. The third-order valence-corrected chi connectivity index (χ3v) is 6.41.